The summed E-state index contributed by atoms with van der Waals surface area (Å²) in [5.41, 5.74) is 2.07. The van der Waals surface area contributed by atoms with Crippen LogP contribution in [0.3, 0.4) is 0 Å². The number of carboxylic acids is 1. The number of likely N-dealkylation sites (tertiary alicyclic amines) is 1. The zero-order chi connectivity index (χ0) is 15.1. The lowest BCUT2D eigenvalue weighted by atomic mass is 9.94. The van der Waals surface area contributed by atoms with Gasteiger partial charge in [-0.15, -0.1) is 0 Å². The molecular formula is C15H22BrN3O2. The van der Waals surface area contributed by atoms with Gasteiger partial charge in [-0.05, 0) is 54.5 Å². The molecular weight excluding hydrogens is 334 g/mol. The van der Waals surface area contributed by atoms with Crippen LogP contribution in [0.1, 0.15) is 37.6 Å². The van der Waals surface area contributed by atoms with Crippen LogP contribution in [0.25, 0.3) is 0 Å². The summed E-state index contributed by atoms with van der Waals surface area (Å²) in [6, 6.07) is -0.329. The van der Waals surface area contributed by atoms with Crippen molar-refractivity contribution in [3.05, 3.63) is 15.9 Å². The van der Waals surface area contributed by atoms with Gasteiger partial charge in [-0.1, -0.05) is 6.42 Å². The summed E-state index contributed by atoms with van der Waals surface area (Å²) in [6.07, 6.45) is 3.42. The lowest BCUT2D eigenvalue weighted by Gasteiger charge is -2.24. The van der Waals surface area contributed by atoms with E-state index in [1.54, 1.807) is 0 Å². The number of carbonyl (C=O) groups is 1. The number of hydrogen-bond acceptors (Lipinski definition) is 3. The zero-order valence-electron chi connectivity index (χ0n) is 12.5. The molecule has 0 amide bonds. The molecule has 0 bridgehead atoms. The van der Waals surface area contributed by atoms with E-state index in [1.165, 1.54) is 12.8 Å². The molecule has 1 aromatic heterocycles. The Labute approximate surface area is 133 Å². The van der Waals surface area contributed by atoms with Crippen LogP contribution in [0, 0.1) is 18.8 Å². The zero-order valence-corrected chi connectivity index (χ0v) is 14.1. The number of rotatable bonds is 4. The van der Waals surface area contributed by atoms with Crippen molar-refractivity contribution < 1.29 is 9.90 Å². The lowest BCUT2D eigenvalue weighted by Crippen LogP contribution is -2.39. The highest BCUT2D eigenvalue weighted by molar-refractivity contribution is 9.10. The lowest BCUT2D eigenvalue weighted by molar-refractivity contribution is -0.143. The van der Waals surface area contributed by atoms with Crippen LogP contribution in [0.2, 0.25) is 0 Å². The topological polar surface area (TPSA) is 58.4 Å². The van der Waals surface area contributed by atoms with E-state index in [2.05, 4.69) is 32.9 Å². The fourth-order valence-corrected chi connectivity index (χ4v) is 4.52. The van der Waals surface area contributed by atoms with Crippen LogP contribution < -0.4 is 0 Å². The summed E-state index contributed by atoms with van der Waals surface area (Å²) >= 11 is 3.61. The predicted octanol–water partition coefficient (Wildman–Crippen LogP) is 2.66. The smallest absolute Gasteiger partial charge is 0.321 e. The predicted molar refractivity (Wildman–Crippen MR) is 83.0 cm³/mol. The maximum Gasteiger partial charge on any atom is 0.321 e. The summed E-state index contributed by atoms with van der Waals surface area (Å²) in [7, 11) is 0. The van der Waals surface area contributed by atoms with Gasteiger partial charge in [0.15, 0.2) is 0 Å². The molecule has 0 aromatic carbocycles. The van der Waals surface area contributed by atoms with Gasteiger partial charge in [0.1, 0.15) is 6.04 Å². The molecule has 6 heteroatoms. The third-order valence-electron chi connectivity index (χ3n) is 5.04. The number of hydrogen-bond donors (Lipinski definition) is 1. The van der Waals surface area contributed by atoms with E-state index in [-0.39, 0.29) is 6.04 Å². The Morgan fingerprint density at radius 2 is 2.24 bits per heavy atom. The van der Waals surface area contributed by atoms with Gasteiger partial charge in [-0.3, -0.25) is 14.4 Å². The summed E-state index contributed by atoms with van der Waals surface area (Å²) in [5.74, 6) is 0.226. The molecule has 2 aliphatic rings. The molecule has 1 aliphatic carbocycles. The number of carboxylic acid groups (broad SMARTS) is 1. The fraction of sp³-hybridized carbons (Fsp3) is 0.733. The molecule has 5 nitrogen and oxygen atoms in total. The molecule has 3 unspecified atom stereocenters. The van der Waals surface area contributed by atoms with Crippen molar-refractivity contribution in [2.24, 2.45) is 11.8 Å². The van der Waals surface area contributed by atoms with Crippen molar-refractivity contribution in [2.75, 3.05) is 6.54 Å². The van der Waals surface area contributed by atoms with Gasteiger partial charge in [0.2, 0.25) is 0 Å². The second-order valence-electron chi connectivity index (χ2n) is 6.23. The summed E-state index contributed by atoms with van der Waals surface area (Å²) in [4.78, 5) is 13.9. The van der Waals surface area contributed by atoms with Crippen molar-refractivity contribution in [1.82, 2.24) is 14.7 Å². The number of aromatic nitrogens is 2. The second kappa shape index (κ2) is 5.72. The summed E-state index contributed by atoms with van der Waals surface area (Å²) in [6.45, 7) is 6.42. The van der Waals surface area contributed by atoms with Gasteiger partial charge in [0.25, 0.3) is 0 Å². The van der Waals surface area contributed by atoms with E-state index >= 15 is 0 Å². The van der Waals surface area contributed by atoms with Crippen LogP contribution in [0.5, 0.6) is 0 Å². The van der Waals surface area contributed by atoms with Crippen molar-refractivity contribution in [3.8, 4) is 0 Å². The summed E-state index contributed by atoms with van der Waals surface area (Å²) < 4.78 is 3.00. The molecule has 1 aliphatic heterocycles. The Kier molecular flexibility index (Phi) is 4.10. The number of fused-ring (bicyclic) bond motifs is 1. The van der Waals surface area contributed by atoms with Crippen LogP contribution >= 0.6 is 15.9 Å². The van der Waals surface area contributed by atoms with Crippen molar-refractivity contribution >= 4 is 21.9 Å². The molecule has 1 saturated heterocycles. The standard InChI is InChI=1S/C15H22BrN3O2/c1-3-19-12(13(16)9(2)17-19)8-18-7-10-5-4-6-11(10)14(18)15(20)21/h10-11,14H,3-8H2,1-2H3,(H,20,21). The second-order valence-corrected chi connectivity index (χ2v) is 7.02. The van der Waals surface area contributed by atoms with Crippen LogP contribution in [-0.4, -0.2) is 38.3 Å². The Morgan fingerprint density at radius 3 is 2.90 bits per heavy atom. The number of halogens is 1. The van der Waals surface area contributed by atoms with Gasteiger partial charge >= 0.3 is 5.97 Å². The van der Waals surface area contributed by atoms with Crippen LogP contribution in [-0.2, 0) is 17.9 Å². The molecule has 2 heterocycles. The molecule has 3 rings (SSSR count). The van der Waals surface area contributed by atoms with Crippen molar-refractivity contribution in [3.63, 3.8) is 0 Å². The monoisotopic (exact) mass is 355 g/mol. The summed E-state index contributed by atoms with van der Waals surface area (Å²) in [5, 5.41) is 14.1. The van der Waals surface area contributed by atoms with Crippen LogP contribution in [0.15, 0.2) is 4.47 Å². The first-order valence-corrected chi connectivity index (χ1v) is 8.50. The third-order valence-corrected chi connectivity index (χ3v) is 6.08. The molecule has 0 radical (unpaired) electrons. The molecule has 21 heavy (non-hydrogen) atoms. The SMILES string of the molecule is CCn1nc(C)c(Br)c1CN1CC2CCCC2C1C(=O)O. The third kappa shape index (κ3) is 2.52. The maximum absolute atomic E-state index is 11.7. The van der Waals surface area contributed by atoms with E-state index in [9.17, 15) is 9.90 Å². The first kappa shape index (κ1) is 15.0. The quantitative estimate of drug-likeness (QED) is 0.901. The molecule has 0 spiro atoms. The highest BCUT2D eigenvalue weighted by Crippen LogP contribution is 2.43. The normalized spacial score (nSPS) is 29.0. The highest BCUT2D eigenvalue weighted by Gasteiger charge is 2.47. The van der Waals surface area contributed by atoms with E-state index in [1.807, 2.05) is 11.6 Å². The van der Waals surface area contributed by atoms with Gasteiger partial charge < -0.3 is 5.11 Å². The number of aryl methyl sites for hydroxylation is 2. The van der Waals surface area contributed by atoms with Gasteiger partial charge in [-0.2, -0.15) is 5.10 Å². The first-order chi connectivity index (χ1) is 10.0. The first-order valence-electron chi connectivity index (χ1n) is 7.71. The fourth-order valence-electron chi connectivity index (χ4n) is 4.11. The van der Waals surface area contributed by atoms with Crippen LogP contribution in [0.4, 0.5) is 0 Å². The maximum atomic E-state index is 11.7. The minimum absolute atomic E-state index is 0.329. The van der Waals surface area contributed by atoms with E-state index in [0.717, 1.165) is 35.4 Å². The van der Waals surface area contributed by atoms with Gasteiger partial charge in [-0.25, -0.2) is 0 Å². The minimum Gasteiger partial charge on any atom is -0.480 e. The van der Waals surface area contributed by atoms with Gasteiger partial charge in [0, 0.05) is 19.6 Å². The Balaban J connectivity index is 1.86. The van der Waals surface area contributed by atoms with Gasteiger partial charge in [0.05, 0.1) is 15.9 Å². The minimum atomic E-state index is -0.667. The average Bonchev–Trinajstić information content (AvgIpc) is 3.07. The molecule has 2 fully saturated rings. The Hall–Kier alpha value is -0.880. The van der Waals surface area contributed by atoms with Crippen molar-refractivity contribution in [1.29, 1.82) is 0 Å². The van der Waals surface area contributed by atoms with E-state index in [4.69, 9.17) is 0 Å². The van der Waals surface area contributed by atoms with Crippen molar-refractivity contribution in [2.45, 2.75) is 52.2 Å². The molecule has 3 atom stereocenters. The largest absolute Gasteiger partial charge is 0.480 e. The molecule has 1 N–H and O–H groups in total. The van der Waals surface area contributed by atoms with E-state index < -0.39 is 5.97 Å². The highest BCUT2D eigenvalue weighted by atomic mass is 79.9. The molecule has 116 valence electrons. The Morgan fingerprint density at radius 1 is 1.48 bits per heavy atom. The number of nitrogens with zero attached hydrogens (tertiary/aromatic N) is 3. The molecule has 1 saturated carbocycles. The Bertz CT molecular complexity index is 557. The van der Waals surface area contributed by atoms with E-state index in [0.29, 0.717) is 18.4 Å². The average molecular weight is 356 g/mol. The number of aliphatic carboxylic acids is 1. The molecule has 1 aromatic rings.